The Morgan fingerprint density at radius 1 is 0.921 bits per heavy atom. The Balaban J connectivity index is 1.22. The molecule has 1 saturated heterocycles. The van der Waals surface area contributed by atoms with Crippen LogP contribution in [0.5, 0.6) is 0 Å². The summed E-state index contributed by atoms with van der Waals surface area (Å²) in [5.74, 6) is 0.854. The van der Waals surface area contributed by atoms with E-state index in [-0.39, 0.29) is 5.91 Å². The molecule has 2 aliphatic heterocycles. The number of anilines is 1. The fraction of sp³-hybridized carbons (Fsp3) is 0.367. The second-order valence-corrected chi connectivity index (χ2v) is 10.6. The van der Waals surface area contributed by atoms with E-state index in [1.165, 1.54) is 5.56 Å². The molecule has 8 heteroatoms. The Hall–Kier alpha value is -3.42. The van der Waals surface area contributed by atoms with Crippen LogP contribution in [0.4, 0.5) is 5.82 Å². The zero-order valence-corrected chi connectivity index (χ0v) is 22.3. The average molecular weight is 529 g/mol. The summed E-state index contributed by atoms with van der Waals surface area (Å²) in [6, 6.07) is 18.3. The summed E-state index contributed by atoms with van der Waals surface area (Å²) in [5, 5.41) is 3.76. The summed E-state index contributed by atoms with van der Waals surface area (Å²) in [7, 11) is 0. The average Bonchev–Trinajstić information content (AvgIpc) is 3.31. The summed E-state index contributed by atoms with van der Waals surface area (Å²) >= 11 is 6.33. The number of aryl methyl sites for hydroxylation is 1. The highest BCUT2D eigenvalue weighted by Crippen LogP contribution is 2.34. The maximum absolute atomic E-state index is 13.5. The van der Waals surface area contributed by atoms with E-state index in [0.717, 1.165) is 93.1 Å². The Morgan fingerprint density at radius 3 is 2.53 bits per heavy atom. The lowest BCUT2D eigenvalue weighted by molar-refractivity contribution is 0.0951. The molecule has 4 aromatic rings. The van der Waals surface area contributed by atoms with Gasteiger partial charge in [0.2, 0.25) is 0 Å². The molecular weight excluding hydrogens is 496 g/mol. The van der Waals surface area contributed by atoms with Crippen LogP contribution >= 0.6 is 11.6 Å². The minimum Gasteiger partial charge on any atom is -0.352 e. The Kier molecular flexibility index (Phi) is 7.29. The Bertz CT molecular complexity index is 1430. The van der Waals surface area contributed by atoms with E-state index in [0.29, 0.717) is 17.1 Å². The van der Waals surface area contributed by atoms with Crippen molar-refractivity contribution < 1.29 is 4.79 Å². The molecule has 2 aromatic heterocycles. The molecule has 2 aliphatic rings. The van der Waals surface area contributed by atoms with E-state index in [1.54, 1.807) is 6.33 Å². The lowest BCUT2D eigenvalue weighted by atomic mass is 10.1. The van der Waals surface area contributed by atoms with Crippen LogP contribution in [0, 0.1) is 0 Å². The fourth-order valence-electron chi connectivity index (χ4n) is 5.77. The third kappa shape index (κ3) is 5.00. The molecule has 0 unspecified atom stereocenters. The van der Waals surface area contributed by atoms with Crippen molar-refractivity contribution in [2.24, 2.45) is 0 Å². The molecular formula is C30H33ClN6O. The second kappa shape index (κ2) is 11.1. The van der Waals surface area contributed by atoms with Crippen LogP contribution in [0.3, 0.4) is 0 Å². The van der Waals surface area contributed by atoms with Crippen molar-refractivity contribution in [3.8, 4) is 0 Å². The SMILES string of the molecule is O=C(NCc1ccccc1Cl)c1c2n(c3c(N4CCN(CCc5ccccc5)CC4)ncnc13)CCCC2. The molecule has 1 fully saturated rings. The van der Waals surface area contributed by atoms with Crippen LogP contribution in [0.15, 0.2) is 60.9 Å². The molecule has 4 heterocycles. The molecule has 0 saturated carbocycles. The quantitative estimate of drug-likeness (QED) is 0.376. The minimum atomic E-state index is -0.0963. The number of carbonyl (C=O) groups is 1. The van der Waals surface area contributed by atoms with Gasteiger partial charge >= 0.3 is 0 Å². The number of carbonyl (C=O) groups excluding carboxylic acids is 1. The highest BCUT2D eigenvalue weighted by Gasteiger charge is 2.29. The van der Waals surface area contributed by atoms with Gasteiger partial charge < -0.3 is 14.8 Å². The first-order valence-electron chi connectivity index (χ1n) is 13.6. The first-order valence-corrected chi connectivity index (χ1v) is 14.0. The number of piperazine rings is 1. The normalized spacial score (nSPS) is 16.0. The van der Waals surface area contributed by atoms with Crippen LogP contribution < -0.4 is 10.2 Å². The molecule has 0 atom stereocenters. The number of amides is 1. The van der Waals surface area contributed by atoms with Gasteiger partial charge in [-0.15, -0.1) is 0 Å². The first-order chi connectivity index (χ1) is 18.7. The maximum atomic E-state index is 13.5. The molecule has 38 heavy (non-hydrogen) atoms. The zero-order chi connectivity index (χ0) is 25.9. The highest BCUT2D eigenvalue weighted by molar-refractivity contribution is 6.31. The van der Waals surface area contributed by atoms with Crippen molar-refractivity contribution in [1.29, 1.82) is 0 Å². The summed E-state index contributed by atoms with van der Waals surface area (Å²) in [5.41, 5.74) is 5.81. The van der Waals surface area contributed by atoms with Gasteiger partial charge in [-0.2, -0.15) is 0 Å². The smallest absolute Gasteiger partial charge is 0.255 e. The second-order valence-electron chi connectivity index (χ2n) is 10.2. The summed E-state index contributed by atoms with van der Waals surface area (Å²) in [6.07, 6.45) is 5.73. The van der Waals surface area contributed by atoms with Gasteiger partial charge in [-0.1, -0.05) is 60.1 Å². The molecule has 1 amide bonds. The fourth-order valence-corrected chi connectivity index (χ4v) is 5.97. The van der Waals surface area contributed by atoms with Gasteiger partial charge in [-0.05, 0) is 42.9 Å². The van der Waals surface area contributed by atoms with Crippen LogP contribution in [0.2, 0.25) is 5.02 Å². The molecule has 0 bridgehead atoms. The van der Waals surface area contributed by atoms with Gasteiger partial charge in [0.25, 0.3) is 5.91 Å². The number of nitrogens with zero attached hydrogens (tertiary/aromatic N) is 5. The Morgan fingerprint density at radius 2 is 1.71 bits per heavy atom. The number of hydrogen-bond acceptors (Lipinski definition) is 5. The first kappa shape index (κ1) is 24.9. The standard InChI is InChI=1S/C30H33ClN6O/c31-24-11-5-4-10-23(24)20-32-30(38)26-25-12-6-7-14-37(25)28-27(26)33-21-34-29(28)36-18-16-35(17-19-36)15-13-22-8-2-1-3-9-22/h1-5,8-11,21H,6-7,12-20H2,(H,32,38). The minimum absolute atomic E-state index is 0.0963. The van der Waals surface area contributed by atoms with Crippen molar-refractivity contribution in [1.82, 2.24) is 24.8 Å². The highest BCUT2D eigenvalue weighted by atomic mass is 35.5. The van der Waals surface area contributed by atoms with Crippen LogP contribution in [0.1, 0.15) is 40.0 Å². The van der Waals surface area contributed by atoms with Crippen molar-refractivity contribution in [2.45, 2.75) is 38.8 Å². The molecule has 7 nitrogen and oxygen atoms in total. The van der Waals surface area contributed by atoms with Gasteiger partial charge in [0.05, 0.1) is 5.56 Å². The number of hydrogen-bond donors (Lipinski definition) is 1. The van der Waals surface area contributed by atoms with E-state index in [4.69, 9.17) is 16.6 Å². The molecule has 1 N–H and O–H groups in total. The molecule has 196 valence electrons. The number of nitrogens with one attached hydrogen (secondary N) is 1. The number of benzene rings is 2. The van der Waals surface area contributed by atoms with Gasteiger partial charge in [0.15, 0.2) is 5.82 Å². The van der Waals surface area contributed by atoms with E-state index < -0.39 is 0 Å². The van der Waals surface area contributed by atoms with E-state index in [1.807, 2.05) is 24.3 Å². The van der Waals surface area contributed by atoms with Crippen molar-refractivity contribution in [3.63, 3.8) is 0 Å². The third-order valence-corrected chi connectivity index (χ3v) is 8.19. The third-order valence-electron chi connectivity index (χ3n) is 7.83. The topological polar surface area (TPSA) is 66.3 Å². The van der Waals surface area contributed by atoms with Gasteiger partial charge in [0, 0.05) is 56.5 Å². The van der Waals surface area contributed by atoms with Gasteiger partial charge in [-0.25, -0.2) is 9.97 Å². The zero-order valence-electron chi connectivity index (χ0n) is 21.6. The largest absolute Gasteiger partial charge is 0.352 e. The molecule has 0 radical (unpaired) electrons. The van der Waals surface area contributed by atoms with Crippen molar-refractivity contribution in [3.05, 3.63) is 88.3 Å². The monoisotopic (exact) mass is 528 g/mol. The molecule has 0 aliphatic carbocycles. The van der Waals surface area contributed by atoms with Crippen molar-refractivity contribution >= 4 is 34.4 Å². The van der Waals surface area contributed by atoms with Crippen LogP contribution in [-0.4, -0.2) is 58.1 Å². The molecule has 2 aromatic carbocycles. The molecule has 6 rings (SSSR count). The van der Waals surface area contributed by atoms with Gasteiger partial charge in [0.1, 0.15) is 17.4 Å². The lowest BCUT2D eigenvalue weighted by Crippen LogP contribution is -2.47. The van der Waals surface area contributed by atoms with Crippen LogP contribution in [0.25, 0.3) is 11.0 Å². The number of rotatable bonds is 7. The van der Waals surface area contributed by atoms with Gasteiger partial charge in [-0.3, -0.25) is 9.69 Å². The van der Waals surface area contributed by atoms with E-state index >= 15 is 0 Å². The van der Waals surface area contributed by atoms with E-state index in [9.17, 15) is 4.79 Å². The molecule has 0 spiro atoms. The van der Waals surface area contributed by atoms with E-state index in [2.05, 4.69) is 55.0 Å². The number of halogens is 1. The van der Waals surface area contributed by atoms with Crippen LogP contribution in [-0.2, 0) is 25.9 Å². The van der Waals surface area contributed by atoms with Crippen molar-refractivity contribution in [2.75, 3.05) is 37.6 Å². The summed E-state index contributed by atoms with van der Waals surface area (Å²) in [4.78, 5) is 27.9. The predicted molar refractivity (Wildman–Crippen MR) is 152 cm³/mol. The Labute approximate surface area is 228 Å². The summed E-state index contributed by atoms with van der Waals surface area (Å²) < 4.78 is 2.31. The summed E-state index contributed by atoms with van der Waals surface area (Å²) in [6.45, 7) is 6.15. The number of fused-ring (bicyclic) bond motifs is 3. The number of aromatic nitrogens is 3. The lowest BCUT2D eigenvalue weighted by Gasteiger charge is -2.35. The predicted octanol–water partition coefficient (Wildman–Crippen LogP) is 4.72. The maximum Gasteiger partial charge on any atom is 0.255 e.